The molecular weight excluding hydrogens is 506 g/mol. The van der Waals surface area contributed by atoms with Crippen LogP contribution in [0.15, 0.2) is 30.5 Å². The number of anilines is 3. The molecule has 3 N–H and O–H groups in total. The molecule has 39 heavy (non-hydrogen) atoms. The number of nitrogens with one attached hydrogen (secondary N) is 3. The van der Waals surface area contributed by atoms with Crippen LogP contribution in [0.3, 0.4) is 0 Å². The monoisotopic (exact) mass is 542 g/mol. The van der Waals surface area contributed by atoms with Gasteiger partial charge in [-0.2, -0.15) is 4.98 Å². The number of unbranched alkanes of at least 4 members (excludes halogenated alkanes) is 1. The molecule has 1 aliphatic rings. The summed E-state index contributed by atoms with van der Waals surface area (Å²) >= 11 is 0. The maximum absolute atomic E-state index is 14.0. The first-order chi connectivity index (χ1) is 18.6. The predicted octanol–water partition coefficient (Wildman–Crippen LogP) is 4.78. The summed E-state index contributed by atoms with van der Waals surface area (Å²) in [6, 6.07) is 5.13. The van der Waals surface area contributed by atoms with Gasteiger partial charge in [0.05, 0.1) is 18.3 Å². The number of hydrogen-bond donors (Lipinski definition) is 3. The SMILES string of the molecule is CCCNc1nc(Nc2cccc(F)c2)ncc1C#CCCCNC(=O)[C@@H]1C[C@@H](F)CN1C(=O)OC(C)(C)C. The second-order valence-electron chi connectivity index (χ2n) is 10.2. The fraction of sp³-hybridized carbons (Fsp3) is 0.500. The van der Waals surface area contributed by atoms with Crippen LogP contribution in [0.5, 0.6) is 0 Å². The number of aromatic nitrogens is 2. The van der Waals surface area contributed by atoms with Crippen molar-refractivity contribution in [2.24, 2.45) is 0 Å². The van der Waals surface area contributed by atoms with Crippen LogP contribution in [-0.2, 0) is 9.53 Å². The van der Waals surface area contributed by atoms with E-state index in [1.807, 2.05) is 6.92 Å². The zero-order chi connectivity index (χ0) is 28.4. The number of likely N-dealkylation sites (tertiary alicyclic amines) is 1. The van der Waals surface area contributed by atoms with Crippen LogP contribution >= 0.6 is 0 Å². The minimum Gasteiger partial charge on any atom is -0.444 e. The summed E-state index contributed by atoms with van der Waals surface area (Å²) in [7, 11) is 0. The van der Waals surface area contributed by atoms with E-state index in [0.29, 0.717) is 48.9 Å². The third kappa shape index (κ3) is 9.39. The molecule has 2 aromatic rings. The average Bonchev–Trinajstić information content (AvgIpc) is 3.26. The van der Waals surface area contributed by atoms with Gasteiger partial charge >= 0.3 is 6.09 Å². The van der Waals surface area contributed by atoms with Crippen LogP contribution < -0.4 is 16.0 Å². The van der Waals surface area contributed by atoms with Gasteiger partial charge in [-0.15, -0.1) is 0 Å². The Morgan fingerprint density at radius 1 is 1.26 bits per heavy atom. The summed E-state index contributed by atoms with van der Waals surface area (Å²) in [5, 5.41) is 8.99. The van der Waals surface area contributed by atoms with Gasteiger partial charge in [0, 0.05) is 31.6 Å². The smallest absolute Gasteiger partial charge is 0.411 e. The molecule has 1 fully saturated rings. The Morgan fingerprint density at radius 3 is 2.77 bits per heavy atom. The lowest BCUT2D eigenvalue weighted by atomic mass is 10.2. The molecule has 11 heteroatoms. The van der Waals surface area contributed by atoms with E-state index in [2.05, 4.69) is 37.8 Å². The number of alkyl halides is 1. The van der Waals surface area contributed by atoms with E-state index in [9.17, 15) is 18.4 Å². The van der Waals surface area contributed by atoms with E-state index < -0.39 is 29.8 Å². The number of nitrogens with zero attached hydrogens (tertiary/aromatic N) is 3. The fourth-order valence-electron chi connectivity index (χ4n) is 3.83. The standard InChI is InChI=1S/C28H36F2N6O3/c1-5-13-31-24-19(17-33-26(35-24)34-22-12-9-11-20(29)15-22)10-7-6-8-14-32-25(37)23-16-21(30)18-36(23)27(38)39-28(2,3)4/h9,11-12,15,17,21,23H,5-6,8,13-14,16,18H2,1-4H3,(H,32,37)(H2,31,33,34,35)/t21-,23+/m1/s1. The normalized spacial score (nSPS) is 16.7. The maximum atomic E-state index is 14.0. The summed E-state index contributed by atoms with van der Waals surface area (Å²) in [6.45, 7) is 8.05. The highest BCUT2D eigenvalue weighted by Gasteiger charge is 2.41. The molecule has 1 aliphatic heterocycles. The van der Waals surface area contributed by atoms with Gasteiger partial charge in [0.25, 0.3) is 0 Å². The molecule has 9 nitrogen and oxygen atoms in total. The second-order valence-corrected chi connectivity index (χ2v) is 10.2. The van der Waals surface area contributed by atoms with Crippen molar-refractivity contribution in [2.45, 2.75) is 71.2 Å². The molecule has 0 aliphatic carbocycles. The van der Waals surface area contributed by atoms with Gasteiger partial charge in [-0.3, -0.25) is 9.69 Å². The number of amides is 2. The largest absolute Gasteiger partial charge is 0.444 e. The van der Waals surface area contributed by atoms with Crippen LogP contribution in [0.1, 0.15) is 58.9 Å². The zero-order valence-electron chi connectivity index (χ0n) is 22.8. The van der Waals surface area contributed by atoms with Crippen molar-refractivity contribution in [3.63, 3.8) is 0 Å². The maximum Gasteiger partial charge on any atom is 0.411 e. The number of halogens is 2. The molecule has 1 saturated heterocycles. The molecule has 0 spiro atoms. The molecule has 3 rings (SSSR count). The molecule has 0 unspecified atom stereocenters. The van der Waals surface area contributed by atoms with Gasteiger partial charge < -0.3 is 20.7 Å². The van der Waals surface area contributed by atoms with Crippen molar-refractivity contribution in [1.82, 2.24) is 20.2 Å². The van der Waals surface area contributed by atoms with Crippen molar-refractivity contribution in [1.29, 1.82) is 0 Å². The highest BCUT2D eigenvalue weighted by Crippen LogP contribution is 2.23. The van der Waals surface area contributed by atoms with Crippen LogP contribution in [0.25, 0.3) is 0 Å². The average molecular weight is 543 g/mol. The molecule has 0 radical (unpaired) electrons. The van der Waals surface area contributed by atoms with Crippen molar-refractivity contribution < 1.29 is 23.1 Å². The first-order valence-electron chi connectivity index (χ1n) is 13.1. The second kappa shape index (κ2) is 13.7. The van der Waals surface area contributed by atoms with Crippen LogP contribution in [-0.4, -0.2) is 64.3 Å². The van der Waals surface area contributed by atoms with Crippen LogP contribution in [0.4, 0.5) is 31.0 Å². The first kappa shape index (κ1) is 29.6. The first-order valence-corrected chi connectivity index (χ1v) is 13.1. The van der Waals surface area contributed by atoms with Crippen molar-refractivity contribution in [3.05, 3.63) is 41.8 Å². The number of rotatable bonds is 9. The van der Waals surface area contributed by atoms with Gasteiger partial charge in [-0.05, 0) is 51.8 Å². The third-order valence-corrected chi connectivity index (χ3v) is 5.59. The van der Waals surface area contributed by atoms with Crippen molar-refractivity contribution >= 4 is 29.5 Å². The number of benzene rings is 1. The molecule has 1 aromatic carbocycles. The minimum absolute atomic E-state index is 0.0531. The molecule has 1 aromatic heterocycles. The van der Waals surface area contributed by atoms with Gasteiger partial charge in [0.2, 0.25) is 11.9 Å². The lowest BCUT2D eigenvalue weighted by Crippen LogP contribution is -2.47. The Labute approximate surface area is 228 Å². The Morgan fingerprint density at radius 2 is 2.05 bits per heavy atom. The van der Waals surface area contributed by atoms with Gasteiger partial charge in [-0.1, -0.05) is 24.8 Å². The van der Waals surface area contributed by atoms with Gasteiger partial charge in [0.1, 0.15) is 29.4 Å². The lowest BCUT2D eigenvalue weighted by Gasteiger charge is -2.27. The van der Waals surface area contributed by atoms with Gasteiger partial charge in [-0.25, -0.2) is 18.6 Å². The fourth-order valence-corrected chi connectivity index (χ4v) is 3.83. The number of hydrogen-bond acceptors (Lipinski definition) is 7. The Hall–Kier alpha value is -3.94. The molecular formula is C28H36F2N6O3. The molecule has 210 valence electrons. The van der Waals surface area contributed by atoms with Crippen molar-refractivity contribution in [2.75, 3.05) is 30.3 Å². The van der Waals surface area contributed by atoms with Crippen LogP contribution in [0, 0.1) is 17.7 Å². The van der Waals surface area contributed by atoms with Crippen LogP contribution in [0.2, 0.25) is 0 Å². The topological polar surface area (TPSA) is 108 Å². The highest BCUT2D eigenvalue weighted by atomic mass is 19.1. The Kier molecular flexibility index (Phi) is 10.4. The summed E-state index contributed by atoms with van der Waals surface area (Å²) in [5.74, 6) is 6.23. The molecule has 2 atom stereocenters. The summed E-state index contributed by atoms with van der Waals surface area (Å²) < 4.78 is 32.8. The zero-order valence-corrected chi connectivity index (χ0v) is 22.8. The molecule has 0 saturated carbocycles. The number of ether oxygens (including phenoxy) is 1. The van der Waals surface area contributed by atoms with E-state index in [4.69, 9.17) is 4.74 Å². The van der Waals surface area contributed by atoms with E-state index in [0.717, 1.165) is 11.3 Å². The summed E-state index contributed by atoms with van der Waals surface area (Å²) in [4.78, 5) is 35.0. The Bertz CT molecular complexity index is 1210. The van der Waals surface area contributed by atoms with Gasteiger partial charge in [0.15, 0.2) is 0 Å². The predicted molar refractivity (Wildman–Crippen MR) is 146 cm³/mol. The van der Waals surface area contributed by atoms with E-state index in [1.165, 1.54) is 12.1 Å². The van der Waals surface area contributed by atoms with E-state index in [1.54, 1.807) is 39.1 Å². The minimum atomic E-state index is -1.27. The molecule has 2 amide bonds. The molecule has 2 heterocycles. The quantitative estimate of drug-likeness (QED) is 0.309. The van der Waals surface area contributed by atoms with Crippen molar-refractivity contribution in [3.8, 4) is 11.8 Å². The Balaban J connectivity index is 1.53. The van der Waals surface area contributed by atoms with E-state index in [-0.39, 0.29) is 18.8 Å². The molecule has 0 bridgehead atoms. The summed E-state index contributed by atoms with van der Waals surface area (Å²) in [5.41, 5.74) is 0.414. The summed E-state index contributed by atoms with van der Waals surface area (Å²) in [6.07, 6.45) is 1.52. The third-order valence-electron chi connectivity index (χ3n) is 5.59. The number of carbonyl (C=O) groups excluding carboxylic acids is 2. The van der Waals surface area contributed by atoms with E-state index >= 15 is 0 Å². The highest BCUT2D eigenvalue weighted by molar-refractivity contribution is 5.86. The number of carbonyl (C=O) groups is 2. The lowest BCUT2D eigenvalue weighted by molar-refractivity contribution is -0.125.